The fourth-order valence-electron chi connectivity index (χ4n) is 2.80. The highest BCUT2D eigenvalue weighted by atomic mass is 32.1. The van der Waals surface area contributed by atoms with E-state index in [2.05, 4.69) is 30.3 Å². The van der Waals surface area contributed by atoms with Crippen LogP contribution >= 0.6 is 11.3 Å². The summed E-state index contributed by atoms with van der Waals surface area (Å²) in [7, 11) is 0. The smallest absolute Gasteiger partial charge is 0.0882 e. The van der Waals surface area contributed by atoms with Gasteiger partial charge in [0, 0.05) is 9.75 Å². The molecule has 2 aromatic rings. The summed E-state index contributed by atoms with van der Waals surface area (Å²) in [6.45, 7) is 0. The fourth-order valence-corrected chi connectivity index (χ4v) is 4.08. The SMILES string of the molecule is OC(CCCc1ccccc1)c1cc2c(s1)CCC2. The molecule has 0 aliphatic heterocycles. The van der Waals surface area contributed by atoms with E-state index < -0.39 is 0 Å². The third-order valence-corrected chi connectivity index (χ3v) is 5.22. The van der Waals surface area contributed by atoms with Crippen molar-refractivity contribution in [1.82, 2.24) is 0 Å². The van der Waals surface area contributed by atoms with Crippen LogP contribution in [0.4, 0.5) is 0 Å². The molecule has 0 spiro atoms. The molecule has 0 fully saturated rings. The summed E-state index contributed by atoms with van der Waals surface area (Å²) in [5, 5.41) is 10.3. The van der Waals surface area contributed by atoms with Crippen LogP contribution in [0.1, 0.15) is 46.2 Å². The summed E-state index contributed by atoms with van der Waals surface area (Å²) in [6, 6.07) is 12.8. The van der Waals surface area contributed by atoms with Crippen molar-refractivity contribution < 1.29 is 5.11 Å². The van der Waals surface area contributed by atoms with Gasteiger partial charge in [-0.25, -0.2) is 0 Å². The van der Waals surface area contributed by atoms with E-state index in [1.165, 1.54) is 40.1 Å². The molecular formula is C17H20OS. The summed E-state index contributed by atoms with van der Waals surface area (Å²) in [6.07, 6.45) is 6.44. The normalized spacial score (nSPS) is 15.4. The Labute approximate surface area is 118 Å². The van der Waals surface area contributed by atoms with Crippen LogP contribution in [0.3, 0.4) is 0 Å². The van der Waals surface area contributed by atoms with E-state index in [1.54, 1.807) is 0 Å². The van der Waals surface area contributed by atoms with Crippen LogP contribution in [-0.2, 0) is 19.3 Å². The Morgan fingerprint density at radius 2 is 2.00 bits per heavy atom. The molecular weight excluding hydrogens is 252 g/mol. The maximum absolute atomic E-state index is 10.3. The summed E-state index contributed by atoms with van der Waals surface area (Å²) in [5.74, 6) is 0. The molecule has 0 amide bonds. The van der Waals surface area contributed by atoms with Gasteiger partial charge in [-0.3, -0.25) is 0 Å². The average molecular weight is 272 g/mol. The molecule has 1 N–H and O–H groups in total. The van der Waals surface area contributed by atoms with Crippen LogP contribution in [0.25, 0.3) is 0 Å². The van der Waals surface area contributed by atoms with Gasteiger partial charge in [0.15, 0.2) is 0 Å². The van der Waals surface area contributed by atoms with Crippen LogP contribution in [0.15, 0.2) is 36.4 Å². The fraction of sp³-hybridized carbons (Fsp3) is 0.412. The van der Waals surface area contributed by atoms with Gasteiger partial charge in [0.2, 0.25) is 0 Å². The van der Waals surface area contributed by atoms with Crippen molar-refractivity contribution in [2.24, 2.45) is 0 Å². The summed E-state index contributed by atoms with van der Waals surface area (Å²) in [5.41, 5.74) is 2.85. The second-order valence-corrected chi connectivity index (χ2v) is 6.51. The van der Waals surface area contributed by atoms with E-state index in [9.17, 15) is 5.11 Å². The lowest BCUT2D eigenvalue weighted by Crippen LogP contribution is -1.96. The number of aliphatic hydroxyl groups excluding tert-OH is 1. The van der Waals surface area contributed by atoms with Crippen molar-refractivity contribution in [1.29, 1.82) is 0 Å². The Kier molecular flexibility index (Phi) is 4.00. The van der Waals surface area contributed by atoms with Crippen LogP contribution < -0.4 is 0 Å². The second kappa shape index (κ2) is 5.89. The molecule has 1 aliphatic carbocycles. The number of benzene rings is 1. The summed E-state index contributed by atoms with van der Waals surface area (Å²) >= 11 is 1.83. The highest BCUT2D eigenvalue weighted by Gasteiger charge is 2.18. The molecule has 1 heterocycles. The molecule has 0 saturated carbocycles. The number of aliphatic hydroxyl groups is 1. The Balaban J connectivity index is 1.52. The predicted octanol–water partition coefficient (Wildman–Crippen LogP) is 4.29. The quantitative estimate of drug-likeness (QED) is 0.860. The largest absolute Gasteiger partial charge is 0.388 e. The minimum absolute atomic E-state index is 0.265. The number of hydrogen-bond donors (Lipinski definition) is 1. The monoisotopic (exact) mass is 272 g/mol. The molecule has 19 heavy (non-hydrogen) atoms. The second-order valence-electron chi connectivity index (χ2n) is 5.34. The summed E-state index contributed by atoms with van der Waals surface area (Å²) < 4.78 is 0. The zero-order valence-corrected chi connectivity index (χ0v) is 12.0. The standard InChI is InChI=1S/C17H20OS/c18-15(10-4-8-13-6-2-1-3-7-13)17-12-14-9-5-11-16(14)19-17/h1-3,6-7,12,15,18H,4-5,8-11H2. The topological polar surface area (TPSA) is 20.2 Å². The summed E-state index contributed by atoms with van der Waals surface area (Å²) in [4.78, 5) is 2.69. The number of fused-ring (bicyclic) bond motifs is 1. The van der Waals surface area contributed by atoms with E-state index in [1.807, 2.05) is 17.4 Å². The number of thiophene rings is 1. The first kappa shape index (κ1) is 12.9. The lowest BCUT2D eigenvalue weighted by atomic mass is 10.0. The molecule has 1 atom stereocenters. The maximum atomic E-state index is 10.3. The Morgan fingerprint density at radius 1 is 1.16 bits per heavy atom. The van der Waals surface area contributed by atoms with Crippen LogP contribution in [0.5, 0.6) is 0 Å². The highest BCUT2D eigenvalue weighted by Crippen LogP contribution is 2.35. The van der Waals surface area contributed by atoms with Crippen molar-refractivity contribution in [2.75, 3.05) is 0 Å². The third-order valence-electron chi connectivity index (χ3n) is 3.88. The zero-order valence-electron chi connectivity index (χ0n) is 11.1. The first-order valence-electron chi connectivity index (χ1n) is 7.16. The maximum Gasteiger partial charge on any atom is 0.0882 e. The van der Waals surface area contributed by atoms with Crippen molar-refractivity contribution in [3.63, 3.8) is 0 Å². The third kappa shape index (κ3) is 3.07. The van der Waals surface area contributed by atoms with Gasteiger partial charge in [-0.05, 0) is 55.7 Å². The van der Waals surface area contributed by atoms with E-state index in [0.29, 0.717) is 0 Å². The van der Waals surface area contributed by atoms with Gasteiger partial charge >= 0.3 is 0 Å². The molecule has 0 saturated heterocycles. The molecule has 1 unspecified atom stereocenters. The molecule has 0 bridgehead atoms. The zero-order chi connectivity index (χ0) is 13.1. The highest BCUT2D eigenvalue weighted by molar-refractivity contribution is 7.12. The molecule has 0 radical (unpaired) electrons. The van der Waals surface area contributed by atoms with Gasteiger partial charge in [-0.2, -0.15) is 0 Å². The van der Waals surface area contributed by atoms with Gasteiger partial charge in [0.25, 0.3) is 0 Å². The predicted molar refractivity (Wildman–Crippen MR) is 80.7 cm³/mol. The first-order valence-corrected chi connectivity index (χ1v) is 7.98. The molecule has 100 valence electrons. The van der Waals surface area contributed by atoms with Gasteiger partial charge in [-0.1, -0.05) is 30.3 Å². The van der Waals surface area contributed by atoms with Crippen molar-refractivity contribution >= 4 is 11.3 Å². The van der Waals surface area contributed by atoms with E-state index in [-0.39, 0.29) is 6.10 Å². The number of rotatable bonds is 5. The van der Waals surface area contributed by atoms with E-state index >= 15 is 0 Å². The van der Waals surface area contributed by atoms with Crippen molar-refractivity contribution in [2.45, 2.75) is 44.6 Å². The molecule has 2 heteroatoms. The lowest BCUT2D eigenvalue weighted by molar-refractivity contribution is 0.168. The van der Waals surface area contributed by atoms with Crippen LogP contribution in [0, 0.1) is 0 Å². The Hall–Kier alpha value is -1.12. The Bertz CT molecular complexity index is 508. The molecule has 1 aromatic carbocycles. The van der Waals surface area contributed by atoms with Gasteiger partial charge in [-0.15, -0.1) is 11.3 Å². The lowest BCUT2D eigenvalue weighted by Gasteiger charge is -2.08. The van der Waals surface area contributed by atoms with Crippen LogP contribution in [0.2, 0.25) is 0 Å². The van der Waals surface area contributed by atoms with Crippen molar-refractivity contribution in [3.8, 4) is 0 Å². The van der Waals surface area contributed by atoms with Gasteiger partial charge in [0.1, 0.15) is 0 Å². The number of aryl methyl sites for hydroxylation is 3. The van der Waals surface area contributed by atoms with E-state index in [4.69, 9.17) is 0 Å². The van der Waals surface area contributed by atoms with Crippen LogP contribution in [-0.4, -0.2) is 5.11 Å². The van der Waals surface area contributed by atoms with E-state index in [0.717, 1.165) is 19.3 Å². The minimum atomic E-state index is -0.265. The molecule has 1 aliphatic rings. The average Bonchev–Trinajstić information content (AvgIpc) is 3.00. The first-order chi connectivity index (χ1) is 9.33. The molecule has 3 rings (SSSR count). The Morgan fingerprint density at radius 3 is 2.79 bits per heavy atom. The molecule has 1 nitrogen and oxygen atoms in total. The van der Waals surface area contributed by atoms with Gasteiger partial charge < -0.3 is 5.11 Å². The number of hydrogen-bond acceptors (Lipinski definition) is 2. The van der Waals surface area contributed by atoms with Gasteiger partial charge in [0.05, 0.1) is 6.10 Å². The van der Waals surface area contributed by atoms with Crippen molar-refractivity contribution in [3.05, 3.63) is 57.3 Å². The minimum Gasteiger partial charge on any atom is -0.388 e. The molecule has 1 aromatic heterocycles.